The molecule has 1 fully saturated rings. The van der Waals surface area contributed by atoms with Gasteiger partial charge >= 0.3 is 0 Å². The van der Waals surface area contributed by atoms with E-state index in [-0.39, 0.29) is 22.9 Å². The maximum Gasteiger partial charge on any atom is 0.242 e. The van der Waals surface area contributed by atoms with Gasteiger partial charge in [-0.05, 0) is 30.4 Å². The fourth-order valence-corrected chi connectivity index (χ4v) is 6.20. The number of likely N-dealkylation sites (tertiary alicyclic amines) is 1. The number of hydrogen-bond acceptors (Lipinski definition) is 3. The van der Waals surface area contributed by atoms with Crippen molar-refractivity contribution in [3.05, 3.63) is 66.1 Å². The van der Waals surface area contributed by atoms with Gasteiger partial charge in [-0.25, -0.2) is 12.8 Å². The minimum absolute atomic E-state index is 0.0165. The van der Waals surface area contributed by atoms with E-state index in [0.717, 1.165) is 19.5 Å². The topological polar surface area (TPSA) is 59.4 Å². The van der Waals surface area contributed by atoms with E-state index in [1.54, 1.807) is 22.8 Å². The Bertz CT molecular complexity index is 1210. The Kier molecular flexibility index (Phi) is 5.88. The molecule has 0 radical (unpaired) electrons. The molecule has 2 unspecified atom stereocenters. The van der Waals surface area contributed by atoms with Crippen LogP contribution in [0.3, 0.4) is 0 Å². The molecule has 2 aromatic carbocycles. The highest BCUT2D eigenvalue weighted by atomic mass is 32.2. The fourth-order valence-electron chi connectivity index (χ4n) is 4.60. The smallest absolute Gasteiger partial charge is 0.242 e. The van der Waals surface area contributed by atoms with E-state index in [1.165, 1.54) is 24.4 Å². The number of hydrogen-bond donors (Lipinski definition) is 0. The van der Waals surface area contributed by atoms with Gasteiger partial charge in [-0.3, -0.25) is 4.79 Å². The number of nitrogens with zero attached hydrogens (tertiary/aromatic N) is 2. The summed E-state index contributed by atoms with van der Waals surface area (Å²) in [6.45, 7) is 5.82. The Labute approximate surface area is 182 Å². The van der Waals surface area contributed by atoms with Crippen LogP contribution in [0.4, 0.5) is 4.39 Å². The molecular formula is C24H27FN2O3S. The zero-order valence-electron chi connectivity index (χ0n) is 17.8. The van der Waals surface area contributed by atoms with Gasteiger partial charge in [0.15, 0.2) is 9.84 Å². The average Bonchev–Trinajstić information content (AvgIpc) is 3.08. The normalized spacial score (nSPS) is 19.6. The first-order valence-corrected chi connectivity index (χ1v) is 12.2. The van der Waals surface area contributed by atoms with Crippen molar-refractivity contribution in [1.29, 1.82) is 0 Å². The van der Waals surface area contributed by atoms with Gasteiger partial charge in [0.05, 0.1) is 10.6 Å². The van der Waals surface area contributed by atoms with E-state index in [9.17, 15) is 17.6 Å². The zero-order chi connectivity index (χ0) is 22.2. The summed E-state index contributed by atoms with van der Waals surface area (Å²) in [4.78, 5) is 15.0. The number of sulfone groups is 1. The van der Waals surface area contributed by atoms with Crippen molar-refractivity contribution in [1.82, 2.24) is 9.47 Å². The molecule has 1 aromatic heterocycles. The first-order valence-electron chi connectivity index (χ1n) is 10.6. The number of halogens is 1. The highest BCUT2D eigenvalue weighted by Crippen LogP contribution is 2.29. The molecule has 2 atom stereocenters. The number of amides is 1. The number of rotatable bonds is 5. The number of aromatic nitrogens is 1. The SMILES string of the molecule is CC1CC(C)CN(C(=O)Cn2cc(S(=O)(=O)Cc3ccccc3F)c3ccccc32)C1. The van der Waals surface area contributed by atoms with Gasteiger partial charge in [-0.2, -0.15) is 0 Å². The third-order valence-corrected chi connectivity index (χ3v) is 7.60. The Morgan fingerprint density at radius 1 is 1.03 bits per heavy atom. The van der Waals surface area contributed by atoms with Crippen LogP contribution in [0.1, 0.15) is 25.8 Å². The molecule has 1 aliphatic rings. The van der Waals surface area contributed by atoms with E-state index in [1.807, 2.05) is 17.0 Å². The first kappa shape index (κ1) is 21.6. The maximum absolute atomic E-state index is 14.1. The van der Waals surface area contributed by atoms with E-state index in [0.29, 0.717) is 22.7 Å². The zero-order valence-corrected chi connectivity index (χ0v) is 18.6. The predicted octanol–water partition coefficient (Wildman–Crippen LogP) is 4.26. The monoisotopic (exact) mass is 442 g/mol. The molecule has 1 aliphatic heterocycles. The Hall–Kier alpha value is -2.67. The summed E-state index contributed by atoms with van der Waals surface area (Å²) in [6, 6.07) is 13.0. The lowest BCUT2D eigenvalue weighted by Crippen LogP contribution is -2.43. The van der Waals surface area contributed by atoms with Crippen LogP contribution in [0, 0.1) is 17.7 Å². The van der Waals surface area contributed by atoms with Crippen molar-refractivity contribution in [2.24, 2.45) is 11.8 Å². The summed E-state index contributed by atoms with van der Waals surface area (Å²) in [5.41, 5.74) is 0.813. The Morgan fingerprint density at radius 3 is 2.39 bits per heavy atom. The van der Waals surface area contributed by atoms with E-state index in [4.69, 9.17) is 0 Å². The van der Waals surface area contributed by atoms with Crippen LogP contribution in [0.25, 0.3) is 10.9 Å². The van der Waals surface area contributed by atoms with Crippen LogP contribution in [0.2, 0.25) is 0 Å². The molecule has 4 rings (SSSR count). The van der Waals surface area contributed by atoms with Crippen LogP contribution < -0.4 is 0 Å². The number of fused-ring (bicyclic) bond motifs is 1. The lowest BCUT2D eigenvalue weighted by molar-refractivity contribution is -0.134. The third kappa shape index (κ3) is 4.51. The maximum atomic E-state index is 14.1. The lowest BCUT2D eigenvalue weighted by Gasteiger charge is -2.35. The highest BCUT2D eigenvalue weighted by Gasteiger charge is 2.27. The Morgan fingerprint density at radius 2 is 1.68 bits per heavy atom. The molecule has 1 saturated heterocycles. The minimum Gasteiger partial charge on any atom is -0.341 e. The molecule has 1 amide bonds. The Balaban J connectivity index is 1.66. The molecule has 164 valence electrons. The van der Waals surface area contributed by atoms with Crippen LogP contribution in [0.15, 0.2) is 59.6 Å². The van der Waals surface area contributed by atoms with E-state index >= 15 is 0 Å². The summed E-state index contributed by atoms with van der Waals surface area (Å²) < 4.78 is 42.1. The summed E-state index contributed by atoms with van der Waals surface area (Å²) in [5, 5.41) is 0.548. The largest absolute Gasteiger partial charge is 0.341 e. The molecule has 2 heterocycles. The second-order valence-electron chi connectivity index (χ2n) is 8.73. The van der Waals surface area contributed by atoms with Gasteiger partial charge in [0.2, 0.25) is 5.91 Å². The van der Waals surface area contributed by atoms with Crippen molar-refractivity contribution in [3.63, 3.8) is 0 Å². The van der Waals surface area contributed by atoms with Crippen LogP contribution in [-0.4, -0.2) is 36.9 Å². The summed E-state index contributed by atoms with van der Waals surface area (Å²) in [5.74, 6) is -0.0878. The number of para-hydroxylation sites is 1. The summed E-state index contributed by atoms with van der Waals surface area (Å²) >= 11 is 0. The van der Waals surface area contributed by atoms with Crippen molar-refractivity contribution in [2.75, 3.05) is 13.1 Å². The average molecular weight is 443 g/mol. The lowest BCUT2D eigenvalue weighted by atomic mass is 9.92. The molecular weight excluding hydrogens is 415 g/mol. The van der Waals surface area contributed by atoms with Gasteiger partial charge in [-0.1, -0.05) is 50.2 Å². The van der Waals surface area contributed by atoms with Crippen LogP contribution in [0.5, 0.6) is 0 Å². The van der Waals surface area contributed by atoms with Crippen molar-refractivity contribution in [2.45, 2.75) is 37.5 Å². The van der Waals surface area contributed by atoms with Crippen molar-refractivity contribution in [3.8, 4) is 0 Å². The minimum atomic E-state index is -3.81. The molecule has 5 nitrogen and oxygen atoms in total. The summed E-state index contributed by atoms with van der Waals surface area (Å²) in [7, 11) is -3.81. The number of piperidine rings is 1. The highest BCUT2D eigenvalue weighted by molar-refractivity contribution is 7.90. The number of carbonyl (C=O) groups excluding carboxylic acids is 1. The van der Waals surface area contributed by atoms with Gasteiger partial charge in [0, 0.05) is 35.8 Å². The van der Waals surface area contributed by atoms with Gasteiger partial charge in [-0.15, -0.1) is 0 Å². The molecule has 0 spiro atoms. The molecule has 0 saturated carbocycles. The second-order valence-corrected chi connectivity index (χ2v) is 10.7. The third-order valence-electron chi connectivity index (χ3n) is 5.92. The van der Waals surface area contributed by atoms with E-state index in [2.05, 4.69) is 13.8 Å². The molecule has 7 heteroatoms. The molecule has 3 aromatic rings. The summed E-state index contributed by atoms with van der Waals surface area (Å²) in [6.07, 6.45) is 2.63. The van der Waals surface area contributed by atoms with Crippen LogP contribution >= 0.6 is 0 Å². The van der Waals surface area contributed by atoms with Crippen molar-refractivity contribution >= 4 is 26.6 Å². The number of carbonyl (C=O) groups is 1. The predicted molar refractivity (Wildman–Crippen MR) is 119 cm³/mol. The van der Waals surface area contributed by atoms with E-state index < -0.39 is 21.4 Å². The quantitative estimate of drug-likeness (QED) is 0.593. The molecule has 0 aliphatic carbocycles. The number of benzene rings is 2. The molecule has 31 heavy (non-hydrogen) atoms. The standard InChI is InChI=1S/C24H27FN2O3S/c1-17-11-18(2)13-27(12-17)24(28)15-26-14-23(20-8-4-6-10-22(20)26)31(29,30)16-19-7-3-5-9-21(19)25/h3-10,14,17-18H,11-13,15-16H2,1-2H3. The van der Waals surface area contributed by atoms with Gasteiger partial charge in [0.25, 0.3) is 0 Å². The first-order chi connectivity index (χ1) is 14.7. The van der Waals surface area contributed by atoms with Crippen LogP contribution in [-0.2, 0) is 26.9 Å². The van der Waals surface area contributed by atoms with Crippen molar-refractivity contribution < 1.29 is 17.6 Å². The molecule has 0 bridgehead atoms. The fraction of sp³-hybridized carbons (Fsp3) is 0.375. The second kappa shape index (κ2) is 8.46. The van der Waals surface area contributed by atoms with Gasteiger partial charge < -0.3 is 9.47 Å². The molecule has 0 N–H and O–H groups in total. The van der Waals surface area contributed by atoms with Gasteiger partial charge in [0.1, 0.15) is 12.4 Å².